The van der Waals surface area contributed by atoms with Gasteiger partial charge >= 0.3 is 5.97 Å². The molecule has 0 atom stereocenters. The Morgan fingerprint density at radius 2 is 2.21 bits per heavy atom. The summed E-state index contributed by atoms with van der Waals surface area (Å²) in [6.07, 6.45) is 0.519. The van der Waals surface area contributed by atoms with Gasteiger partial charge in [-0.25, -0.2) is 4.79 Å². The molecular weight excluding hydrogens is 186 g/mol. The van der Waals surface area contributed by atoms with Crippen LogP contribution >= 0.6 is 0 Å². The lowest BCUT2D eigenvalue weighted by Crippen LogP contribution is -2.04. The first-order valence-corrected chi connectivity index (χ1v) is 3.76. The Kier molecular flexibility index (Phi) is 2.71. The van der Waals surface area contributed by atoms with E-state index in [4.69, 9.17) is 15.6 Å². The van der Waals surface area contributed by atoms with E-state index in [-0.39, 0.29) is 22.6 Å². The van der Waals surface area contributed by atoms with E-state index in [1.807, 2.05) is 0 Å². The molecule has 0 amide bonds. The van der Waals surface area contributed by atoms with Crippen LogP contribution in [0.1, 0.15) is 20.7 Å². The van der Waals surface area contributed by atoms with Crippen LogP contribution in [0.15, 0.2) is 12.1 Å². The van der Waals surface area contributed by atoms with Crippen molar-refractivity contribution < 1.29 is 19.4 Å². The molecule has 0 bridgehead atoms. The number of aromatic carboxylic acids is 1. The molecule has 0 aliphatic rings. The zero-order valence-corrected chi connectivity index (χ0v) is 7.48. The van der Waals surface area contributed by atoms with E-state index >= 15 is 0 Å². The van der Waals surface area contributed by atoms with Gasteiger partial charge in [-0.05, 0) is 6.07 Å². The summed E-state index contributed by atoms with van der Waals surface area (Å²) >= 11 is 0. The van der Waals surface area contributed by atoms with Crippen molar-refractivity contribution >= 4 is 17.9 Å². The number of hydrogen-bond donors (Lipinski definition) is 2. The van der Waals surface area contributed by atoms with Gasteiger partial charge in [0.1, 0.15) is 5.75 Å². The lowest BCUT2D eigenvalue weighted by Gasteiger charge is -2.06. The van der Waals surface area contributed by atoms with Gasteiger partial charge in [0, 0.05) is 11.8 Å². The van der Waals surface area contributed by atoms with Crippen LogP contribution in [-0.2, 0) is 0 Å². The number of methoxy groups -OCH3 is 1. The molecule has 0 radical (unpaired) electrons. The zero-order valence-electron chi connectivity index (χ0n) is 7.48. The van der Waals surface area contributed by atoms with Gasteiger partial charge in [0.25, 0.3) is 0 Å². The Hall–Kier alpha value is -2.04. The maximum Gasteiger partial charge on any atom is 0.337 e. The van der Waals surface area contributed by atoms with E-state index in [2.05, 4.69) is 0 Å². The van der Waals surface area contributed by atoms with E-state index in [9.17, 15) is 9.59 Å². The molecule has 74 valence electrons. The van der Waals surface area contributed by atoms with E-state index in [1.165, 1.54) is 19.2 Å². The van der Waals surface area contributed by atoms with Gasteiger partial charge in [0.15, 0.2) is 6.29 Å². The first-order valence-electron chi connectivity index (χ1n) is 3.76. The normalized spacial score (nSPS) is 9.50. The highest BCUT2D eigenvalue weighted by Crippen LogP contribution is 2.24. The molecule has 0 unspecified atom stereocenters. The van der Waals surface area contributed by atoms with E-state index < -0.39 is 5.97 Å². The number of nitrogen functional groups attached to an aromatic ring is 1. The van der Waals surface area contributed by atoms with Crippen molar-refractivity contribution in [1.29, 1.82) is 0 Å². The molecule has 0 spiro atoms. The van der Waals surface area contributed by atoms with E-state index in [0.717, 1.165) is 0 Å². The number of benzene rings is 1. The van der Waals surface area contributed by atoms with Crippen LogP contribution in [0.4, 0.5) is 5.69 Å². The predicted octanol–water partition coefficient (Wildman–Crippen LogP) is 0.788. The van der Waals surface area contributed by atoms with Crippen LogP contribution in [0.3, 0.4) is 0 Å². The Bertz CT molecular complexity index is 387. The number of carboxylic acids is 1. The van der Waals surface area contributed by atoms with Gasteiger partial charge in [0.2, 0.25) is 0 Å². The lowest BCUT2D eigenvalue weighted by molar-refractivity contribution is 0.0698. The molecule has 0 saturated carbocycles. The third-order valence-corrected chi connectivity index (χ3v) is 1.76. The summed E-state index contributed by atoms with van der Waals surface area (Å²) in [6, 6.07) is 2.50. The van der Waals surface area contributed by atoms with Crippen LogP contribution in [0.2, 0.25) is 0 Å². The topological polar surface area (TPSA) is 89.6 Å². The first kappa shape index (κ1) is 10.0. The highest BCUT2D eigenvalue weighted by atomic mass is 16.5. The second kappa shape index (κ2) is 3.78. The number of carbonyl (C=O) groups excluding carboxylic acids is 1. The van der Waals surface area contributed by atoms with Crippen LogP contribution in [0, 0.1) is 0 Å². The van der Waals surface area contributed by atoms with Gasteiger partial charge in [-0.1, -0.05) is 0 Å². The van der Waals surface area contributed by atoms with Crippen molar-refractivity contribution in [2.75, 3.05) is 12.8 Å². The number of nitrogens with two attached hydrogens (primary N) is 1. The Morgan fingerprint density at radius 3 is 2.64 bits per heavy atom. The van der Waals surface area contributed by atoms with Crippen molar-refractivity contribution in [3.8, 4) is 5.75 Å². The summed E-state index contributed by atoms with van der Waals surface area (Å²) in [6.45, 7) is 0. The highest BCUT2D eigenvalue weighted by Gasteiger charge is 2.12. The Labute approximate surface area is 80.1 Å². The largest absolute Gasteiger partial charge is 0.496 e. The van der Waals surface area contributed by atoms with Crippen molar-refractivity contribution in [2.24, 2.45) is 0 Å². The summed E-state index contributed by atoms with van der Waals surface area (Å²) in [5.74, 6) is -0.907. The summed E-state index contributed by atoms with van der Waals surface area (Å²) in [4.78, 5) is 21.2. The number of carboxylic acid groups (broad SMARTS) is 1. The highest BCUT2D eigenvalue weighted by molar-refractivity contribution is 5.97. The molecule has 0 heterocycles. The molecule has 5 heteroatoms. The van der Waals surface area contributed by atoms with Crippen LogP contribution < -0.4 is 10.5 Å². The molecule has 0 fully saturated rings. The Morgan fingerprint density at radius 1 is 1.57 bits per heavy atom. The fraction of sp³-hybridized carbons (Fsp3) is 0.111. The summed E-state index contributed by atoms with van der Waals surface area (Å²) in [5, 5.41) is 8.71. The summed E-state index contributed by atoms with van der Waals surface area (Å²) in [7, 11) is 1.38. The van der Waals surface area contributed by atoms with Crippen molar-refractivity contribution in [3.63, 3.8) is 0 Å². The molecule has 1 aromatic rings. The average molecular weight is 195 g/mol. The molecule has 1 rings (SSSR count). The minimum atomic E-state index is -1.17. The predicted molar refractivity (Wildman–Crippen MR) is 49.8 cm³/mol. The smallest absolute Gasteiger partial charge is 0.337 e. The molecule has 1 aromatic carbocycles. The van der Waals surface area contributed by atoms with Crippen molar-refractivity contribution in [2.45, 2.75) is 0 Å². The number of aldehydes is 1. The fourth-order valence-corrected chi connectivity index (χ4v) is 1.07. The quantitative estimate of drug-likeness (QED) is 0.549. The van der Waals surface area contributed by atoms with Crippen LogP contribution in [0.5, 0.6) is 5.75 Å². The number of hydrogen-bond acceptors (Lipinski definition) is 4. The minimum absolute atomic E-state index is 0.0694. The molecule has 0 aliphatic heterocycles. The Balaban J connectivity index is 3.37. The second-order valence-electron chi connectivity index (χ2n) is 2.60. The molecular formula is C9H9NO4. The lowest BCUT2D eigenvalue weighted by atomic mass is 10.1. The molecule has 0 aromatic heterocycles. The molecule has 3 N–H and O–H groups in total. The summed E-state index contributed by atoms with van der Waals surface area (Å²) < 4.78 is 4.85. The zero-order chi connectivity index (χ0) is 10.7. The third-order valence-electron chi connectivity index (χ3n) is 1.76. The molecule has 0 saturated heterocycles. The molecule has 5 nitrogen and oxygen atoms in total. The van der Waals surface area contributed by atoms with E-state index in [0.29, 0.717) is 6.29 Å². The minimum Gasteiger partial charge on any atom is -0.496 e. The van der Waals surface area contributed by atoms with Gasteiger partial charge in [0.05, 0.1) is 18.2 Å². The van der Waals surface area contributed by atoms with Gasteiger partial charge in [-0.2, -0.15) is 0 Å². The fourth-order valence-electron chi connectivity index (χ4n) is 1.07. The average Bonchev–Trinajstić information content (AvgIpc) is 2.16. The summed E-state index contributed by atoms with van der Waals surface area (Å²) in [5.41, 5.74) is 5.58. The maximum atomic E-state index is 10.7. The standard InChI is InChI=1S/C9H9NO4/c1-14-8-3-7(10)6(9(12)13)2-5(8)4-11/h2-4H,10H2,1H3,(H,12,13). The molecule has 14 heavy (non-hydrogen) atoms. The van der Waals surface area contributed by atoms with Gasteiger partial charge in [-0.15, -0.1) is 0 Å². The first-order chi connectivity index (χ1) is 6.60. The maximum absolute atomic E-state index is 10.7. The third kappa shape index (κ3) is 1.66. The van der Waals surface area contributed by atoms with E-state index in [1.54, 1.807) is 0 Å². The number of rotatable bonds is 3. The van der Waals surface area contributed by atoms with Crippen molar-refractivity contribution in [3.05, 3.63) is 23.3 Å². The van der Waals surface area contributed by atoms with Gasteiger partial charge in [-0.3, -0.25) is 4.79 Å². The number of carbonyl (C=O) groups is 2. The number of anilines is 1. The van der Waals surface area contributed by atoms with Crippen LogP contribution in [-0.4, -0.2) is 24.5 Å². The molecule has 0 aliphatic carbocycles. The monoisotopic (exact) mass is 195 g/mol. The van der Waals surface area contributed by atoms with Crippen molar-refractivity contribution in [1.82, 2.24) is 0 Å². The van der Waals surface area contributed by atoms with Crippen LogP contribution in [0.25, 0.3) is 0 Å². The van der Waals surface area contributed by atoms with Gasteiger partial charge < -0.3 is 15.6 Å². The SMILES string of the molecule is COc1cc(N)c(C(=O)O)cc1C=O. The number of ether oxygens (including phenoxy) is 1. The second-order valence-corrected chi connectivity index (χ2v) is 2.60.